The van der Waals surface area contributed by atoms with Gasteiger partial charge in [-0.25, -0.2) is 4.39 Å². The third-order valence-corrected chi connectivity index (χ3v) is 9.98. The van der Waals surface area contributed by atoms with Gasteiger partial charge >= 0.3 is 11.9 Å². The molecule has 0 heterocycles. The Hall–Kier alpha value is -2.35. The van der Waals surface area contributed by atoms with Gasteiger partial charge in [0.15, 0.2) is 23.7 Å². The molecule has 204 valence electrons. The van der Waals surface area contributed by atoms with Crippen molar-refractivity contribution in [3.8, 4) is 0 Å². The van der Waals surface area contributed by atoms with Gasteiger partial charge in [0.05, 0.1) is 6.10 Å². The van der Waals surface area contributed by atoms with E-state index in [1.54, 1.807) is 19.9 Å². The second-order valence-corrected chi connectivity index (χ2v) is 11.8. The fraction of sp³-hybridized carbons (Fsp3) is 0.724. The second-order valence-electron chi connectivity index (χ2n) is 11.8. The summed E-state index contributed by atoms with van der Waals surface area (Å²) in [4.78, 5) is 50.7. The number of Topliss-reactive ketones (excluding diaryl/α,β-unsaturated/α-hetero) is 1. The average molecular weight is 519 g/mol. The number of halogens is 1. The summed E-state index contributed by atoms with van der Waals surface area (Å²) in [6.45, 7) is 8.29. The zero-order chi connectivity index (χ0) is 27.4. The van der Waals surface area contributed by atoms with E-state index in [1.807, 2.05) is 20.8 Å². The summed E-state index contributed by atoms with van der Waals surface area (Å²) >= 11 is 0. The standard InChI is InChI=1S/C29H39FO7/c1-6-8-25(35)36-16-23(33)29(37-24(34)7-2)17(3)13-21-20-10-9-18-14-19(31)11-12-26(18,4)28(20,30)22(32)15-27(21,29)5/h11-12,14,17,20-22,32H,6-10,13,15-16H2,1-5H3/t17-,20+,21+,22+,26+,27+,28+,29-/m1/s1. The zero-order valence-corrected chi connectivity index (χ0v) is 22.5. The Balaban J connectivity index is 1.77. The molecule has 0 saturated heterocycles. The van der Waals surface area contributed by atoms with E-state index in [2.05, 4.69) is 0 Å². The predicted octanol–water partition coefficient (Wildman–Crippen LogP) is 4.21. The number of aliphatic hydroxyl groups excluding tert-OH is 1. The number of ketones is 2. The first-order valence-electron chi connectivity index (χ1n) is 13.5. The van der Waals surface area contributed by atoms with E-state index in [4.69, 9.17) is 9.47 Å². The number of hydrogen-bond acceptors (Lipinski definition) is 7. The Morgan fingerprint density at radius 3 is 2.51 bits per heavy atom. The van der Waals surface area contributed by atoms with E-state index in [0.29, 0.717) is 31.3 Å². The normalized spacial score (nSPS) is 42.2. The molecule has 7 nitrogen and oxygen atoms in total. The monoisotopic (exact) mass is 518 g/mol. The highest BCUT2D eigenvalue weighted by Crippen LogP contribution is 2.71. The van der Waals surface area contributed by atoms with Crippen molar-refractivity contribution >= 4 is 23.5 Å². The molecule has 4 aliphatic rings. The van der Waals surface area contributed by atoms with Gasteiger partial charge < -0.3 is 14.6 Å². The summed E-state index contributed by atoms with van der Waals surface area (Å²) in [7, 11) is 0. The Kier molecular flexibility index (Phi) is 7.06. The first-order valence-corrected chi connectivity index (χ1v) is 13.5. The van der Waals surface area contributed by atoms with E-state index in [-0.39, 0.29) is 31.0 Å². The molecule has 0 amide bonds. The maximum absolute atomic E-state index is 17.4. The Morgan fingerprint density at radius 1 is 1.16 bits per heavy atom. The van der Waals surface area contributed by atoms with Crippen LogP contribution in [0.4, 0.5) is 4.39 Å². The number of esters is 2. The minimum Gasteiger partial charge on any atom is -0.457 e. The molecule has 8 heteroatoms. The molecule has 0 aromatic heterocycles. The number of aliphatic hydroxyl groups is 1. The highest BCUT2D eigenvalue weighted by Gasteiger charge is 2.77. The van der Waals surface area contributed by atoms with Crippen LogP contribution in [0.1, 0.15) is 79.6 Å². The van der Waals surface area contributed by atoms with Gasteiger partial charge in [-0.05, 0) is 57.1 Å². The van der Waals surface area contributed by atoms with Gasteiger partial charge in [-0.3, -0.25) is 19.2 Å². The van der Waals surface area contributed by atoms with Gasteiger partial charge in [-0.1, -0.05) is 39.3 Å². The van der Waals surface area contributed by atoms with Crippen LogP contribution in [-0.4, -0.2) is 52.6 Å². The van der Waals surface area contributed by atoms with Crippen LogP contribution in [0, 0.1) is 28.6 Å². The molecular formula is C29H39FO7. The van der Waals surface area contributed by atoms with E-state index < -0.39 is 64.4 Å². The van der Waals surface area contributed by atoms with E-state index in [9.17, 15) is 24.3 Å². The Labute approximate surface area is 217 Å². The van der Waals surface area contributed by atoms with Crippen LogP contribution in [0.3, 0.4) is 0 Å². The molecule has 3 saturated carbocycles. The van der Waals surface area contributed by atoms with Crippen molar-refractivity contribution in [2.45, 2.75) is 96.9 Å². The quantitative estimate of drug-likeness (QED) is 0.503. The molecule has 0 aromatic carbocycles. The fourth-order valence-electron chi connectivity index (χ4n) is 8.18. The number of fused-ring (bicyclic) bond motifs is 5. The first-order chi connectivity index (χ1) is 17.3. The van der Waals surface area contributed by atoms with Crippen LogP contribution in [-0.2, 0) is 28.7 Å². The van der Waals surface area contributed by atoms with Crippen molar-refractivity contribution in [2.24, 2.45) is 28.6 Å². The maximum atomic E-state index is 17.4. The minimum atomic E-state index is -2.06. The van der Waals surface area contributed by atoms with Crippen LogP contribution in [0.2, 0.25) is 0 Å². The maximum Gasteiger partial charge on any atom is 0.306 e. The molecule has 37 heavy (non-hydrogen) atoms. The third-order valence-electron chi connectivity index (χ3n) is 9.98. The highest BCUT2D eigenvalue weighted by molar-refractivity contribution is 6.01. The summed E-state index contributed by atoms with van der Waals surface area (Å²) < 4.78 is 28.7. The van der Waals surface area contributed by atoms with Gasteiger partial charge in [0.2, 0.25) is 5.78 Å². The summed E-state index contributed by atoms with van der Waals surface area (Å²) in [5.74, 6) is -3.26. The summed E-state index contributed by atoms with van der Waals surface area (Å²) in [5.41, 5.74) is -5.26. The van der Waals surface area contributed by atoms with E-state index in [0.717, 1.165) is 0 Å². The van der Waals surface area contributed by atoms with Gasteiger partial charge in [-0.2, -0.15) is 0 Å². The predicted molar refractivity (Wildman–Crippen MR) is 133 cm³/mol. The topological polar surface area (TPSA) is 107 Å². The number of rotatable bonds is 7. The number of ether oxygens (including phenoxy) is 2. The second kappa shape index (κ2) is 9.44. The SMILES string of the molecule is CCCC(=O)OCC(=O)[C@]1(OC(=O)CC)[C@H](C)C[C@H]2[C@@H]3CCC4=CC(=O)C=C[C@]4(C)[C@@]3(F)[C@@H](O)C[C@@]21C. The van der Waals surface area contributed by atoms with Crippen molar-refractivity contribution < 1.29 is 38.1 Å². The van der Waals surface area contributed by atoms with Gasteiger partial charge in [0.1, 0.15) is 0 Å². The molecule has 4 aliphatic carbocycles. The molecule has 0 bridgehead atoms. The lowest BCUT2D eigenvalue weighted by molar-refractivity contribution is -0.228. The largest absolute Gasteiger partial charge is 0.457 e. The van der Waals surface area contributed by atoms with Gasteiger partial charge in [0, 0.05) is 35.5 Å². The van der Waals surface area contributed by atoms with Crippen molar-refractivity contribution in [3.63, 3.8) is 0 Å². The van der Waals surface area contributed by atoms with Crippen LogP contribution in [0.15, 0.2) is 23.8 Å². The number of alkyl halides is 1. The number of carbonyl (C=O) groups is 4. The molecule has 0 radical (unpaired) electrons. The smallest absolute Gasteiger partial charge is 0.306 e. The number of carbonyl (C=O) groups excluding carboxylic acids is 4. The first kappa shape index (κ1) is 27.7. The zero-order valence-electron chi connectivity index (χ0n) is 22.5. The number of allylic oxidation sites excluding steroid dienone is 4. The molecule has 0 spiro atoms. The molecular weight excluding hydrogens is 479 g/mol. The van der Waals surface area contributed by atoms with Crippen molar-refractivity contribution in [1.82, 2.24) is 0 Å². The van der Waals surface area contributed by atoms with Crippen molar-refractivity contribution in [1.29, 1.82) is 0 Å². The van der Waals surface area contributed by atoms with Gasteiger partial charge in [-0.15, -0.1) is 0 Å². The minimum absolute atomic E-state index is 0.0438. The highest BCUT2D eigenvalue weighted by atomic mass is 19.1. The molecule has 1 N–H and O–H groups in total. The molecule has 3 fully saturated rings. The third kappa shape index (κ3) is 3.76. The lowest BCUT2D eigenvalue weighted by atomic mass is 9.44. The van der Waals surface area contributed by atoms with Gasteiger partial charge in [0.25, 0.3) is 0 Å². The van der Waals surface area contributed by atoms with E-state index in [1.165, 1.54) is 12.2 Å². The average Bonchev–Trinajstić information content (AvgIpc) is 3.06. The number of hydrogen-bond donors (Lipinski definition) is 1. The summed E-state index contributed by atoms with van der Waals surface area (Å²) in [6, 6.07) is 0. The summed E-state index contributed by atoms with van der Waals surface area (Å²) in [5, 5.41) is 11.6. The lowest BCUT2D eigenvalue weighted by Gasteiger charge is -2.62. The van der Waals surface area contributed by atoms with E-state index >= 15 is 4.39 Å². The summed E-state index contributed by atoms with van der Waals surface area (Å²) in [6.07, 6.45) is 4.97. The Bertz CT molecular complexity index is 1060. The van der Waals surface area contributed by atoms with Crippen LogP contribution in [0.25, 0.3) is 0 Å². The Morgan fingerprint density at radius 2 is 1.86 bits per heavy atom. The molecule has 8 atom stereocenters. The molecule has 0 unspecified atom stereocenters. The lowest BCUT2D eigenvalue weighted by Crippen LogP contribution is -2.70. The molecule has 0 aliphatic heterocycles. The molecule has 0 aromatic rings. The van der Waals surface area contributed by atoms with Crippen LogP contribution < -0.4 is 0 Å². The van der Waals surface area contributed by atoms with Crippen LogP contribution >= 0.6 is 0 Å². The van der Waals surface area contributed by atoms with Crippen molar-refractivity contribution in [2.75, 3.05) is 6.61 Å². The van der Waals surface area contributed by atoms with Crippen molar-refractivity contribution in [3.05, 3.63) is 23.8 Å². The molecule has 4 rings (SSSR count). The van der Waals surface area contributed by atoms with Crippen LogP contribution in [0.5, 0.6) is 0 Å². The fourth-order valence-corrected chi connectivity index (χ4v) is 8.18.